The lowest BCUT2D eigenvalue weighted by molar-refractivity contribution is -0.117. The fourth-order valence-corrected chi connectivity index (χ4v) is 1.88. The van der Waals surface area contributed by atoms with Gasteiger partial charge >= 0.3 is 0 Å². The van der Waals surface area contributed by atoms with E-state index in [0.717, 1.165) is 11.1 Å². The van der Waals surface area contributed by atoms with Crippen molar-refractivity contribution in [3.05, 3.63) is 57.1 Å². The Morgan fingerprint density at radius 3 is 1.67 bits per heavy atom. The maximum Gasteiger partial charge on any atom is 0.141 e. The third-order valence-electron chi connectivity index (χ3n) is 2.50. The summed E-state index contributed by atoms with van der Waals surface area (Å²) in [6.07, 6.45) is 4.36. The van der Waals surface area contributed by atoms with Crippen LogP contribution in [0, 0.1) is 9.28 Å². The zero-order valence-corrected chi connectivity index (χ0v) is 11.2. The molecule has 2 rings (SSSR count). The standard InChI is InChI=1S/C13H12N2OS2/c16-11(5-9-1-3-12(17)14-7-9)6-10-2-4-13(18)15-8-10/h1-4,7-8H,5-6H2,(H,14,17)(H,15,18). The van der Waals surface area contributed by atoms with Gasteiger partial charge in [-0.3, -0.25) is 4.79 Å². The SMILES string of the molecule is O=C(Cc1ccc(=S)[nH]c1)Cc1ccc(=S)[nH]c1. The summed E-state index contributed by atoms with van der Waals surface area (Å²) in [6, 6.07) is 7.32. The zero-order chi connectivity index (χ0) is 13.0. The summed E-state index contributed by atoms with van der Waals surface area (Å²) in [5.74, 6) is 0.158. The van der Waals surface area contributed by atoms with Gasteiger partial charge in [-0.2, -0.15) is 0 Å². The number of hydrogen-bond acceptors (Lipinski definition) is 3. The minimum absolute atomic E-state index is 0.158. The van der Waals surface area contributed by atoms with Crippen molar-refractivity contribution in [3.8, 4) is 0 Å². The molecule has 0 aliphatic carbocycles. The van der Waals surface area contributed by atoms with E-state index in [1.807, 2.05) is 12.1 Å². The van der Waals surface area contributed by atoms with Crippen molar-refractivity contribution in [2.75, 3.05) is 0 Å². The van der Waals surface area contributed by atoms with Gasteiger partial charge in [-0.15, -0.1) is 0 Å². The molecule has 2 N–H and O–H groups in total. The molecule has 0 unspecified atom stereocenters. The minimum Gasteiger partial charge on any atom is -0.353 e. The van der Waals surface area contributed by atoms with Gasteiger partial charge in [0.05, 0.1) is 0 Å². The lowest BCUT2D eigenvalue weighted by atomic mass is 10.1. The fraction of sp³-hybridized carbons (Fsp3) is 0.154. The summed E-state index contributed by atoms with van der Waals surface area (Å²) in [4.78, 5) is 17.7. The summed E-state index contributed by atoms with van der Waals surface area (Å²) >= 11 is 9.90. The predicted molar refractivity (Wildman–Crippen MR) is 75.7 cm³/mol. The normalized spacial score (nSPS) is 10.2. The Kier molecular flexibility index (Phi) is 4.17. The summed E-state index contributed by atoms with van der Waals surface area (Å²) in [5, 5.41) is 0. The topological polar surface area (TPSA) is 48.6 Å². The van der Waals surface area contributed by atoms with E-state index in [1.165, 1.54) is 0 Å². The van der Waals surface area contributed by atoms with Crippen molar-refractivity contribution in [1.82, 2.24) is 9.97 Å². The smallest absolute Gasteiger partial charge is 0.141 e. The molecule has 18 heavy (non-hydrogen) atoms. The molecule has 0 aromatic carbocycles. The molecule has 0 fully saturated rings. The van der Waals surface area contributed by atoms with Crippen LogP contribution in [0.15, 0.2) is 36.7 Å². The van der Waals surface area contributed by atoms with Gasteiger partial charge in [-0.25, -0.2) is 0 Å². The first-order valence-corrected chi connectivity index (χ1v) is 6.32. The molecule has 2 aromatic heterocycles. The molecule has 0 amide bonds. The number of carbonyl (C=O) groups is 1. The Morgan fingerprint density at radius 1 is 0.889 bits per heavy atom. The molecule has 0 saturated carbocycles. The molecule has 0 radical (unpaired) electrons. The number of rotatable bonds is 4. The number of Topliss-reactive ketones (excluding diaryl/α,β-unsaturated/α-hetero) is 1. The summed E-state index contributed by atoms with van der Waals surface area (Å²) in [5.41, 5.74) is 1.88. The first-order valence-electron chi connectivity index (χ1n) is 5.50. The van der Waals surface area contributed by atoms with Gasteiger partial charge in [0.15, 0.2) is 0 Å². The van der Waals surface area contributed by atoms with Gasteiger partial charge in [0, 0.05) is 25.2 Å². The highest BCUT2D eigenvalue weighted by atomic mass is 32.1. The highest BCUT2D eigenvalue weighted by Gasteiger charge is 2.05. The molecule has 0 aliphatic heterocycles. The number of pyridine rings is 2. The third kappa shape index (κ3) is 3.72. The quantitative estimate of drug-likeness (QED) is 0.843. The Morgan fingerprint density at radius 2 is 1.33 bits per heavy atom. The molecule has 92 valence electrons. The molecule has 0 aliphatic rings. The van der Waals surface area contributed by atoms with Gasteiger partial charge in [-0.1, -0.05) is 36.6 Å². The van der Waals surface area contributed by atoms with E-state index in [1.54, 1.807) is 24.5 Å². The van der Waals surface area contributed by atoms with Crippen LogP contribution in [-0.4, -0.2) is 15.8 Å². The van der Waals surface area contributed by atoms with Gasteiger partial charge in [0.1, 0.15) is 15.1 Å². The Labute approximate surface area is 115 Å². The lowest BCUT2D eigenvalue weighted by Crippen LogP contribution is -2.07. The highest BCUT2D eigenvalue weighted by Crippen LogP contribution is 2.04. The van der Waals surface area contributed by atoms with E-state index in [0.29, 0.717) is 22.1 Å². The third-order valence-corrected chi connectivity index (χ3v) is 3.01. The second-order valence-electron chi connectivity index (χ2n) is 4.01. The lowest BCUT2D eigenvalue weighted by Gasteiger charge is -2.01. The molecule has 0 spiro atoms. The maximum absolute atomic E-state index is 11.9. The van der Waals surface area contributed by atoms with Crippen LogP contribution in [-0.2, 0) is 17.6 Å². The van der Waals surface area contributed by atoms with Crippen LogP contribution in [0.1, 0.15) is 11.1 Å². The maximum atomic E-state index is 11.9. The molecule has 3 nitrogen and oxygen atoms in total. The molecule has 0 saturated heterocycles. The van der Waals surface area contributed by atoms with Crippen molar-refractivity contribution in [3.63, 3.8) is 0 Å². The van der Waals surface area contributed by atoms with Gasteiger partial charge < -0.3 is 9.97 Å². The van der Waals surface area contributed by atoms with Crippen LogP contribution in [0.3, 0.4) is 0 Å². The number of ketones is 1. The van der Waals surface area contributed by atoms with Crippen molar-refractivity contribution in [1.29, 1.82) is 0 Å². The van der Waals surface area contributed by atoms with E-state index < -0.39 is 0 Å². The van der Waals surface area contributed by atoms with Crippen molar-refractivity contribution >= 4 is 30.2 Å². The van der Waals surface area contributed by atoms with Crippen LogP contribution >= 0.6 is 24.4 Å². The monoisotopic (exact) mass is 276 g/mol. The van der Waals surface area contributed by atoms with E-state index in [-0.39, 0.29) is 5.78 Å². The average Bonchev–Trinajstić information content (AvgIpc) is 2.35. The van der Waals surface area contributed by atoms with Crippen LogP contribution in [0.5, 0.6) is 0 Å². The number of aromatic amines is 2. The number of H-pyrrole nitrogens is 2. The molecule has 2 heterocycles. The zero-order valence-electron chi connectivity index (χ0n) is 9.60. The van der Waals surface area contributed by atoms with Crippen molar-refractivity contribution in [2.45, 2.75) is 12.8 Å². The minimum atomic E-state index is 0.158. The van der Waals surface area contributed by atoms with Crippen LogP contribution in [0.2, 0.25) is 0 Å². The van der Waals surface area contributed by atoms with Crippen LogP contribution in [0.4, 0.5) is 0 Å². The summed E-state index contributed by atoms with van der Waals surface area (Å²) in [6.45, 7) is 0. The van der Waals surface area contributed by atoms with Crippen LogP contribution < -0.4 is 0 Å². The van der Waals surface area contributed by atoms with E-state index in [9.17, 15) is 4.79 Å². The summed E-state index contributed by atoms with van der Waals surface area (Å²) < 4.78 is 1.34. The predicted octanol–water partition coefficient (Wildman–Crippen LogP) is 3.16. The van der Waals surface area contributed by atoms with Gasteiger partial charge in [0.25, 0.3) is 0 Å². The van der Waals surface area contributed by atoms with Crippen molar-refractivity contribution < 1.29 is 4.79 Å². The Balaban J connectivity index is 2.00. The highest BCUT2D eigenvalue weighted by molar-refractivity contribution is 7.71. The second-order valence-corrected chi connectivity index (χ2v) is 4.89. The Bertz CT molecular complexity index is 575. The van der Waals surface area contributed by atoms with Gasteiger partial charge in [0.2, 0.25) is 0 Å². The summed E-state index contributed by atoms with van der Waals surface area (Å²) in [7, 11) is 0. The van der Waals surface area contributed by atoms with E-state index in [4.69, 9.17) is 24.4 Å². The number of aromatic nitrogens is 2. The molecule has 2 aromatic rings. The fourth-order valence-electron chi connectivity index (χ4n) is 1.62. The number of carbonyl (C=O) groups excluding carboxylic acids is 1. The Hall–Kier alpha value is -1.59. The van der Waals surface area contributed by atoms with Crippen molar-refractivity contribution in [2.24, 2.45) is 0 Å². The molecular weight excluding hydrogens is 264 g/mol. The van der Waals surface area contributed by atoms with Crippen LogP contribution in [0.25, 0.3) is 0 Å². The molecule has 0 bridgehead atoms. The first kappa shape index (κ1) is 12.9. The number of hydrogen-bond donors (Lipinski definition) is 2. The number of nitrogens with one attached hydrogen (secondary N) is 2. The van der Waals surface area contributed by atoms with Gasteiger partial charge in [-0.05, 0) is 23.3 Å². The first-order chi connectivity index (χ1) is 8.63. The molecular formula is C13H12N2OS2. The molecule has 5 heteroatoms. The largest absolute Gasteiger partial charge is 0.353 e. The van der Waals surface area contributed by atoms with E-state index in [2.05, 4.69) is 9.97 Å². The molecule has 0 atom stereocenters. The second kappa shape index (κ2) is 5.84. The van der Waals surface area contributed by atoms with E-state index >= 15 is 0 Å². The average molecular weight is 276 g/mol.